The van der Waals surface area contributed by atoms with Gasteiger partial charge >= 0.3 is 5.97 Å². The van der Waals surface area contributed by atoms with Crippen molar-refractivity contribution in [3.05, 3.63) is 51.7 Å². The van der Waals surface area contributed by atoms with E-state index in [2.05, 4.69) is 4.72 Å². The minimum Gasteiger partial charge on any atom is -0.477 e. The topological polar surface area (TPSA) is 92.7 Å². The second-order valence-electron chi connectivity index (χ2n) is 6.93. The van der Waals surface area contributed by atoms with Crippen molar-refractivity contribution >= 4 is 39.1 Å². The lowest BCUT2D eigenvalue weighted by Gasteiger charge is -2.21. The predicted octanol–water partition coefficient (Wildman–Crippen LogP) is 4.20. The highest BCUT2D eigenvalue weighted by Crippen LogP contribution is 2.30. The van der Waals surface area contributed by atoms with E-state index in [0.717, 1.165) is 16.9 Å². The molecule has 0 aliphatic carbocycles. The predicted molar refractivity (Wildman–Crippen MR) is 108 cm³/mol. The fourth-order valence-electron chi connectivity index (χ4n) is 2.42. The number of nitrogens with one attached hydrogen (secondary N) is 1. The van der Waals surface area contributed by atoms with Crippen molar-refractivity contribution in [2.45, 2.75) is 31.1 Å². The average molecular weight is 410 g/mol. The Morgan fingerprint density at radius 2 is 2.00 bits per heavy atom. The van der Waals surface area contributed by atoms with Gasteiger partial charge in [-0.3, -0.25) is 4.72 Å². The largest absolute Gasteiger partial charge is 0.477 e. The minimum atomic E-state index is -3.97. The number of ether oxygens (including phenoxy) is 1. The number of sulfonamides is 1. The SMILES string of the molecule is COCC=Cc1cc(C(C)(C)C)ccc1S(=O)(=O)Nc1ccsc1C(=O)O. The fraction of sp³-hybridized carbons (Fsp3) is 0.316. The van der Waals surface area contributed by atoms with Gasteiger partial charge < -0.3 is 9.84 Å². The summed E-state index contributed by atoms with van der Waals surface area (Å²) in [6.07, 6.45) is 3.42. The van der Waals surface area contributed by atoms with Crippen LogP contribution in [0.25, 0.3) is 6.08 Å². The van der Waals surface area contributed by atoms with Crippen LogP contribution in [0.3, 0.4) is 0 Å². The average Bonchev–Trinajstić information content (AvgIpc) is 3.01. The number of aromatic carboxylic acids is 1. The molecule has 2 N–H and O–H groups in total. The number of thiophene rings is 1. The molecule has 0 amide bonds. The van der Waals surface area contributed by atoms with Crippen molar-refractivity contribution in [3.8, 4) is 0 Å². The lowest BCUT2D eigenvalue weighted by molar-refractivity contribution is 0.0703. The third-order valence-electron chi connectivity index (χ3n) is 3.83. The van der Waals surface area contributed by atoms with Crippen molar-refractivity contribution < 1.29 is 23.1 Å². The quantitative estimate of drug-likeness (QED) is 0.715. The molecular weight excluding hydrogens is 386 g/mol. The van der Waals surface area contributed by atoms with Gasteiger partial charge in [-0.05, 0) is 40.1 Å². The zero-order chi connectivity index (χ0) is 20.2. The van der Waals surface area contributed by atoms with Crippen LogP contribution in [-0.2, 0) is 20.2 Å². The molecule has 1 aromatic carbocycles. The Morgan fingerprint density at radius 3 is 2.59 bits per heavy atom. The molecular formula is C19H23NO5S2. The molecule has 0 atom stereocenters. The van der Waals surface area contributed by atoms with Crippen molar-refractivity contribution in [1.29, 1.82) is 0 Å². The zero-order valence-electron chi connectivity index (χ0n) is 15.6. The van der Waals surface area contributed by atoms with E-state index >= 15 is 0 Å². The van der Waals surface area contributed by atoms with Gasteiger partial charge in [-0.15, -0.1) is 11.3 Å². The van der Waals surface area contributed by atoms with Crippen LogP contribution in [0, 0.1) is 0 Å². The van der Waals surface area contributed by atoms with Crippen LogP contribution < -0.4 is 4.72 Å². The Morgan fingerprint density at radius 1 is 1.30 bits per heavy atom. The van der Waals surface area contributed by atoms with E-state index in [-0.39, 0.29) is 20.9 Å². The van der Waals surface area contributed by atoms with Crippen LogP contribution in [-0.4, -0.2) is 33.2 Å². The van der Waals surface area contributed by atoms with Gasteiger partial charge in [0.05, 0.1) is 17.2 Å². The summed E-state index contributed by atoms with van der Waals surface area (Å²) < 4.78 is 33.2. The van der Waals surface area contributed by atoms with Gasteiger partial charge in [-0.1, -0.05) is 39.0 Å². The van der Waals surface area contributed by atoms with E-state index in [4.69, 9.17) is 4.74 Å². The Bertz CT molecular complexity index is 953. The maximum Gasteiger partial charge on any atom is 0.348 e. The van der Waals surface area contributed by atoms with Crippen molar-refractivity contribution in [2.24, 2.45) is 0 Å². The van der Waals surface area contributed by atoms with Gasteiger partial charge in [0.15, 0.2) is 0 Å². The summed E-state index contributed by atoms with van der Waals surface area (Å²) in [6, 6.07) is 6.58. The Hall–Kier alpha value is -2.16. The van der Waals surface area contributed by atoms with Gasteiger partial charge in [-0.25, -0.2) is 13.2 Å². The molecule has 1 heterocycles. The molecule has 2 rings (SSSR count). The second-order valence-corrected chi connectivity index (χ2v) is 9.50. The maximum atomic E-state index is 12.9. The van der Waals surface area contributed by atoms with Crippen molar-refractivity contribution in [2.75, 3.05) is 18.4 Å². The number of carboxylic acids is 1. The summed E-state index contributed by atoms with van der Waals surface area (Å²) in [7, 11) is -2.41. The van der Waals surface area contributed by atoms with Gasteiger partial charge in [0.25, 0.3) is 10.0 Å². The third-order valence-corrected chi connectivity index (χ3v) is 6.17. The summed E-state index contributed by atoms with van der Waals surface area (Å²) in [6.45, 7) is 6.48. The highest BCUT2D eigenvalue weighted by Gasteiger charge is 2.23. The molecule has 0 aliphatic heterocycles. The lowest BCUT2D eigenvalue weighted by Crippen LogP contribution is -2.17. The number of carbonyl (C=O) groups is 1. The van der Waals surface area contributed by atoms with E-state index in [1.807, 2.05) is 26.8 Å². The molecule has 0 spiro atoms. The van der Waals surface area contributed by atoms with Crippen LogP contribution in [0.2, 0.25) is 0 Å². The van der Waals surface area contributed by atoms with Gasteiger partial charge in [-0.2, -0.15) is 0 Å². The smallest absolute Gasteiger partial charge is 0.348 e. The highest BCUT2D eigenvalue weighted by atomic mass is 32.2. The highest BCUT2D eigenvalue weighted by molar-refractivity contribution is 7.92. The van der Waals surface area contributed by atoms with Crippen LogP contribution in [0.5, 0.6) is 0 Å². The number of rotatable bonds is 7. The Labute approximate surface area is 163 Å². The number of carboxylic acid groups (broad SMARTS) is 1. The third kappa shape index (κ3) is 5.18. The summed E-state index contributed by atoms with van der Waals surface area (Å²) in [4.78, 5) is 11.3. The van der Waals surface area contributed by atoms with Crippen LogP contribution in [0.15, 0.2) is 40.6 Å². The molecule has 0 saturated carbocycles. The normalized spacial score (nSPS) is 12.4. The number of benzene rings is 1. The maximum absolute atomic E-state index is 12.9. The van der Waals surface area contributed by atoms with Crippen molar-refractivity contribution in [1.82, 2.24) is 0 Å². The molecule has 146 valence electrons. The first kappa shape index (κ1) is 21.1. The zero-order valence-corrected chi connectivity index (χ0v) is 17.3. The molecule has 1 aromatic heterocycles. The fourth-order valence-corrected chi connectivity index (χ4v) is 4.42. The molecule has 0 aliphatic rings. The van der Waals surface area contributed by atoms with E-state index in [9.17, 15) is 18.3 Å². The molecule has 6 nitrogen and oxygen atoms in total. The first-order valence-corrected chi connectivity index (χ1v) is 10.6. The van der Waals surface area contributed by atoms with Crippen LogP contribution >= 0.6 is 11.3 Å². The first-order valence-electron chi connectivity index (χ1n) is 8.20. The standard InChI is InChI=1S/C19H23NO5S2/c1-19(2,3)14-7-8-16(13(12-14)6-5-10-25-4)27(23,24)20-15-9-11-26-17(15)18(21)22/h5-9,11-12,20H,10H2,1-4H3,(H,21,22). The number of hydrogen-bond acceptors (Lipinski definition) is 5. The van der Waals surface area contributed by atoms with Gasteiger partial charge in [0.1, 0.15) is 4.88 Å². The monoisotopic (exact) mass is 409 g/mol. The van der Waals surface area contributed by atoms with Gasteiger partial charge in [0.2, 0.25) is 0 Å². The minimum absolute atomic E-state index is 0.0543. The lowest BCUT2D eigenvalue weighted by atomic mass is 9.86. The Kier molecular flexibility index (Phi) is 6.46. The van der Waals surface area contributed by atoms with Gasteiger partial charge in [0, 0.05) is 7.11 Å². The van der Waals surface area contributed by atoms with E-state index in [0.29, 0.717) is 12.2 Å². The number of hydrogen-bond donors (Lipinski definition) is 2. The molecule has 8 heteroatoms. The van der Waals surface area contributed by atoms with Crippen LogP contribution in [0.1, 0.15) is 41.6 Å². The summed E-state index contributed by atoms with van der Waals surface area (Å²) in [5, 5.41) is 10.7. The molecule has 0 radical (unpaired) electrons. The Balaban J connectivity index is 2.51. The molecule has 0 fully saturated rings. The van der Waals surface area contributed by atoms with E-state index < -0.39 is 16.0 Å². The first-order chi connectivity index (χ1) is 12.6. The molecule has 0 unspecified atom stereocenters. The summed E-state index contributed by atoms with van der Waals surface area (Å²) in [5.41, 5.74) is 1.40. The van der Waals surface area contributed by atoms with Crippen LogP contribution in [0.4, 0.5) is 5.69 Å². The second kappa shape index (κ2) is 8.24. The molecule has 0 saturated heterocycles. The molecule has 2 aromatic rings. The van der Waals surface area contributed by atoms with E-state index in [1.54, 1.807) is 31.4 Å². The van der Waals surface area contributed by atoms with Crippen molar-refractivity contribution in [3.63, 3.8) is 0 Å². The number of anilines is 1. The summed E-state index contributed by atoms with van der Waals surface area (Å²) >= 11 is 0.963. The molecule has 0 bridgehead atoms. The van der Waals surface area contributed by atoms with E-state index in [1.165, 1.54) is 11.4 Å². The molecule has 27 heavy (non-hydrogen) atoms. The number of methoxy groups -OCH3 is 1. The summed E-state index contributed by atoms with van der Waals surface area (Å²) in [5.74, 6) is -1.18.